The third-order valence-electron chi connectivity index (χ3n) is 5.11. The quantitative estimate of drug-likeness (QED) is 0.581. The molecule has 0 radical (unpaired) electrons. The highest BCUT2D eigenvalue weighted by Gasteiger charge is 2.31. The van der Waals surface area contributed by atoms with E-state index < -0.39 is 0 Å². The minimum absolute atomic E-state index is 0.0453. The van der Waals surface area contributed by atoms with Crippen LogP contribution in [-0.2, 0) is 0 Å². The molecule has 1 aliphatic carbocycles. The lowest BCUT2D eigenvalue weighted by Gasteiger charge is -2.33. The summed E-state index contributed by atoms with van der Waals surface area (Å²) in [6.45, 7) is 10.2. The molecule has 3 rings (SSSR count). The number of ether oxygens (including phenoxy) is 1. The van der Waals surface area contributed by atoms with Crippen molar-refractivity contribution < 1.29 is 4.74 Å². The summed E-state index contributed by atoms with van der Waals surface area (Å²) in [7, 11) is 0. The summed E-state index contributed by atoms with van der Waals surface area (Å²) >= 11 is 0. The number of piperidine rings is 1. The predicted octanol–water partition coefficient (Wildman–Crippen LogP) is 2.94. The van der Waals surface area contributed by atoms with Gasteiger partial charge in [-0.05, 0) is 64.2 Å². The fourth-order valence-electron chi connectivity index (χ4n) is 3.54. The van der Waals surface area contributed by atoms with Crippen LogP contribution in [0.15, 0.2) is 29.3 Å². The van der Waals surface area contributed by atoms with Crippen LogP contribution in [0.5, 0.6) is 5.75 Å². The number of nitrogens with zero attached hydrogens (tertiary/aromatic N) is 2. The molecule has 5 heteroatoms. The first kappa shape index (κ1) is 19.0. The molecule has 0 aromatic heterocycles. The number of hydrogen-bond acceptors (Lipinski definition) is 3. The van der Waals surface area contributed by atoms with Gasteiger partial charge in [0, 0.05) is 31.7 Å². The highest BCUT2D eigenvalue weighted by atomic mass is 16.5. The Kier molecular flexibility index (Phi) is 6.78. The molecule has 2 aliphatic rings. The third-order valence-corrected chi connectivity index (χ3v) is 5.11. The van der Waals surface area contributed by atoms with Crippen molar-refractivity contribution in [1.82, 2.24) is 15.5 Å². The summed E-state index contributed by atoms with van der Waals surface area (Å²) < 4.78 is 5.99. The van der Waals surface area contributed by atoms with Crippen molar-refractivity contribution in [3.63, 3.8) is 0 Å². The molecule has 2 N–H and O–H groups in total. The molecule has 1 saturated heterocycles. The van der Waals surface area contributed by atoms with Gasteiger partial charge in [-0.15, -0.1) is 0 Å². The van der Waals surface area contributed by atoms with E-state index in [0.717, 1.165) is 24.3 Å². The number of nitrogens with one attached hydrogen (secondary N) is 2. The van der Waals surface area contributed by atoms with E-state index in [0.29, 0.717) is 12.6 Å². The molecule has 144 valence electrons. The molecular weight excluding hydrogens is 324 g/mol. The number of hydrogen-bond donors (Lipinski definition) is 2. The van der Waals surface area contributed by atoms with E-state index in [1.807, 2.05) is 12.1 Å². The van der Waals surface area contributed by atoms with Crippen molar-refractivity contribution in [2.45, 2.75) is 64.6 Å². The molecule has 1 atom stereocenters. The zero-order chi connectivity index (χ0) is 18.4. The maximum Gasteiger partial charge on any atom is 0.191 e. The first-order valence-corrected chi connectivity index (χ1v) is 10.2. The van der Waals surface area contributed by atoms with Gasteiger partial charge in [0.25, 0.3) is 0 Å². The summed E-state index contributed by atoms with van der Waals surface area (Å²) in [4.78, 5) is 7.40. The fraction of sp³-hybridized carbons (Fsp3) is 0.667. The highest BCUT2D eigenvalue weighted by Crippen LogP contribution is 2.29. The summed E-state index contributed by atoms with van der Waals surface area (Å²) in [5, 5.41) is 7.00. The number of rotatable bonds is 7. The number of aryl methyl sites for hydroxylation is 1. The number of benzene rings is 1. The van der Waals surface area contributed by atoms with Gasteiger partial charge in [-0.1, -0.05) is 12.1 Å². The number of guanidine groups is 1. The monoisotopic (exact) mass is 358 g/mol. The zero-order valence-corrected chi connectivity index (χ0v) is 16.5. The fourth-order valence-corrected chi connectivity index (χ4v) is 3.54. The first-order chi connectivity index (χ1) is 12.6. The molecule has 5 nitrogen and oxygen atoms in total. The third kappa shape index (κ3) is 5.90. The van der Waals surface area contributed by atoms with Crippen molar-refractivity contribution >= 4 is 5.96 Å². The minimum atomic E-state index is 0.0453. The van der Waals surface area contributed by atoms with Crippen LogP contribution in [-0.4, -0.2) is 55.2 Å². The highest BCUT2D eigenvalue weighted by molar-refractivity contribution is 5.80. The SMILES string of the molecule is CCNC(=NCC(C)Oc1cccc(C)c1)NC1CCN(C2CC2)CC1. The average molecular weight is 359 g/mol. The molecule has 0 amide bonds. The number of aliphatic imine (C=N–C) groups is 1. The minimum Gasteiger partial charge on any atom is -0.489 e. The Balaban J connectivity index is 1.46. The zero-order valence-electron chi connectivity index (χ0n) is 16.5. The summed E-state index contributed by atoms with van der Waals surface area (Å²) in [6.07, 6.45) is 5.26. The van der Waals surface area contributed by atoms with Gasteiger partial charge < -0.3 is 20.3 Å². The Morgan fingerprint density at radius 3 is 2.69 bits per heavy atom. The first-order valence-electron chi connectivity index (χ1n) is 10.2. The molecular formula is C21H34N4O. The Morgan fingerprint density at radius 1 is 1.27 bits per heavy atom. The summed E-state index contributed by atoms with van der Waals surface area (Å²) in [6, 6.07) is 9.59. The van der Waals surface area contributed by atoms with Crippen LogP contribution in [0.25, 0.3) is 0 Å². The van der Waals surface area contributed by atoms with Gasteiger partial charge in [0.1, 0.15) is 11.9 Å². The normalized spacial score (nSPS) is 20.7. The standard InChI is InChI=1S/C21H34N4O/c1-4-22-21(24-18-10-12-25(13-11-18)19-8-9-19)23-15-17(3)26-20-7-5-6-16(2)14-20/h5-7,14,17-19H,4,8-13,15H2,1-3H3,(H2,22,23,24). The van der Waals surface area contributed by atoms with Gasteiger partial charge in [-0.2, -0.15) is 0 Å². The Hall–Kier alpha value is -1.75. The van der Waals surface area contributed by atoms with E-state index in [9.17, 15) is 0 Å². The van der Waals surface area contributed by atoms with E-state index in [-0.39, 0.29) is 6.10 Å². The topological polar surface area (TPSA) is 48.9 Å². The molecule has 26 heavy (non-hydrogen) atoms. The van der Waals surface area contributed by atoms with E-state index in [4.69, 9.17) is 9.73 Å². The van der Waals surface area contributed by atoms with Crippen LogP contribution in [0.4, 0.5) is 0 Å². The van der Waals surface area contributed by atoms with Crippen molar-refractivity contribution in [3.05, 3.63) is 29.8 Å². The van der Waals surface area contributed by atoms with Gasteiger partial charge in [-0.3, -0.25) is 0 Å². The van der Waals surface area contributed by atoms with Gasteiger partial charge in [0.05, 0.1) is 6.54 Å². The molecule has 1 unspecified atom stereocenters. The van der Waals surface area contributed by atoms with Crippen molar-refractivity contribution in [1.29, 1.82) is 0 Å². The Bertz CT molecular complexity index is 591. The van der Waals surface area contributed by atoms with E-state index in [1.165, 1.54) is 44.3 Å². The molecule has 2 fully saturated rings. The summed E-state index contributed by atoms with van der Waals surface area (Å²) in [5.41, 5.74) is 1.21. The smallest absolute Gasteiger partial charge is 0.191 e. The van der Waals surface area contributed by atoms with E-state index in [1.54, 1.807) is 0 Å². The molecule has 1 aliphatic heterocycles. The second kappa shape index (κ2) is 9.26. The number of likely N-dealkylation sites (tertiary alicyclic amines) is 1. The van der Waals surface area contributed by atoms with Gasteiger partial charge in [0.15, 0.2) is 5.96 Å². The second-order valence-electron chi connectivity index (χ2n) is 7.65. The molecule has 1 aromatic rings. The summed E-state index contributed by atoms with van der Waals surface area (Å²) in [5.74, 6) is 1.83. The second-order valence-corrected chi connectivity index (χ2v) is 7.65. The Morgan fingerprint density at radius 2 is 2.04 bits per heavy atom. The molecule has 1 saturated carbocycles. The maximum absolute atomic E-state index is 5.99. The maximum atomic E-state index is 5.99. The van der Waals surface area contributed by atoms with Gasteiger partial charge >= 0.3 is 0 Å². The Labute approximate surface area is 158 Å². The largest absolute Gasteiger partial charge is 0.489 e. The van der Waals surface area contributed by atoms with Crippen LogP contribution in [0.1, 0.15) is 45.1 Å². The molecule has 0 bridgehead atoms. The van der Waals surface area contributed by atoms with Crippen LogP contribution in [0, 0.1) is 6.92 Å². The lowest BCUT2D eigenvalue weighted by atomic mass is 10.1. The van der Waals surface area contributed by atoms with Crippen LogP contribution < -0.4 is 15.4 Å². The van der Waals surface area contributed by atoms with Gasteiger partial charge in [-0.25, -0.2) is 4.99 Å². The lowest BCUT2D eigenvalue weighted by Crippen LogP contribution is -2.49. The van der Waals surface area contributed by atoms with Crippen molar-refractivity contribution in [2.24, 2.45) is 4.99 Å². The van der Waals surface area contributed by atoms with E-state index in [2.05, 4.69) is 48.4 Å². The molecule has 1 heterocycles. The van der Waals surface area contributed by atoms with E-state index >= 15 is 0 Å². The molecule has 0 spiro atoms. The van der Waals surface area contributed by atoms with Crippen molar-refractivity contribution in [2.75, 3.05) is 26.2 Å². The van der Waals surface area contributed by atoms with Crippen LogP contribution >= 0.6 is 0 Å². The molecule has 1 aromatic carbocycles. The predicted molar refractivity (Wildman–Crippen MR) is 108 cm³/mol. The van der Waals surface area contributed by atoms with Crippen LogP contribution in [0.3, 0.4) is 0 Å². The van der Waals surface area contributed by atoms with Gasteiger partial charge in [0.2, 0.25) is 0 Å². The van der Waals surface area contributed by atoms with Crippen LogP contribution in [0.2, 0.25) is 0 Å². The lowest BCUT2D eigenvalue weighted by molar-refractivity contribution is 0.197. The van der Waals surface area contributed by atoms with Crippen molar-refractivity contribution in [3.8, 4) is 5.75 Å². The average Bonchev–Trinajstić information content (AvgIpc) is 3.46.